The van der Waals surface area contributed by atoms with Crippen LogP contribution in [-0.4, -0.2) is 13.7 Å². The molecule has 0 amide bonds. The number of fused-ring (bicyclic) bond motifs is 1. The Hall–Kier alpha value is -1.51. The first-order valence-corrected chi connectivity index (χ1v) is 6.84. The highest BCUT2D eigenvalue weighted by molar-refractivity contribution is 6.30. The van der Waals surface area contributed by atoms with Crippen molar-refractivity contribution in [2.45, 2.75) is 12.5 Å². The quantitative estimate of drug-likeness (QED) is 0.923. The smallest absolute Gasteiger partial charge is 0.127 e. The van der Waals surface area contributed by atoms with E-state index >= 15 is 0 Å². The van der Waals surface area contributed by atoms with E-state index in [-0.39, 0.29) is 6.04 Å². The van der Waals surface area contributed by atoms with Gasteiger partial charge in [0.2, 0.25) is 0 Å². The zero-order valence-electron chi connectivity index (χ0n) is 10.8. The maximum Gasteiger partial charge on any atom is 0.127 e. The molecule has 0 bridgehead atoms. The van der Waals surface area contributed by atoms with E-state index in [1.165, 1.54) is 11.1 Å². The molecular weight excluding hydrogens is 258 g/mol. The third-order valence-corrected chi connectivity index (χ3v) is 3.76. The van der Waals surface area contributed by atoms with Crippen LogP contribution >= 0.6 is 11.6 Å². The Morgan fingerprint density at radius 2 is 2.05 bits per heavy atom. The molecule has 0 aromatic heterocycles. The highest BCUT2D eigenvalue weighted by atomic mass is 35.5. The minimum atomic E-state index is 0.103. The largest absolute Gasteiger partial charge is 0.493 e. The van der Waals surface area contributed by atoms with Crippen LogP contribution in [0, 0.1) is 0 Å². The van der Waals surface area contributed by atoms with Gasteiger partial charge < -0.3 is 10.1 Å². The number of hydrogen-bond donors (Lipinski definition) is 1. The molecule has 1 aliphatic rings. The lowest BCUT2D eigenvalue weighted by Gasteiger charge is -2.20. The summed E-state index contributed by atoms with van der Waals surface area (Å²) in [7, 11) is 1.96. The minimum absolute atomic E-state index is 0.103. The fraction of sp³-hybridized carbons (Fsp3) is 0.250. The summed E-state index contributed by atoms with van der Waals surface area (Å²) in [5, 5.41) is 4.11. The van der Waals surface area contributed by atoms with Crippen LogP contribution in [0.25, 0.3) is 0 Å². The molecule has 2 aromatic carbocycles. The SMILES string of the molecule is CNC(c1cccc(Cl)c1)c1cccc2c1OCC2. The van der Waals surface area contributed by atoms with Crippen molar-refractivity contribution < 1.29 is 4.74 Å². The van der Waals surface area contributed by atoms with Gasteiger partial charge in [-0.05, 0) is 30.3 Å². The normalized spacial score (nSPS) is 14.8. The first kappa shape index (κ1) is 12.5. The summed E-state index contributed by atoms with van der Waals surface area (Å²) < 4.78 is 5.79. The first-order valence-electron chi connectivity index (χ1n) is 6.47. The average Bonchev–Trinajstić information content (AvgIpc) is 2.89. The molecule has 0 saturated heterocycles. The maximum atomic E-state index is 6.09. The van der Waals surface area contributed by atoms with Crippen molar-refractivity contribution in [2.75, 3.05) is 13.7 Å². The van der Waals surface area contributed by atoms with Crippen LogP contribution in [0.2, 0.25) is 5.02 Å². The molecule has 98 valence electrons. The van der Waals surface area contributed by atoms with E-state index in [0.717, 1.165) is 29.4 Å². The molecular formula is C16H16ClNO. The predicted octanol–water partition coefficient (Wildman–Crippen LogP) is 3.58. The van der Waals surface area contributed by atoms with Gasteiger partial charge in [0.05, 0.1) is 12.6 Å². The average molecular weight is 274 g/mol. The standard InChI is InChI=1S/C16H16ClNO/c1-18-15(12-5-2-6-13(17)10-12)14-7-3-4-11-8-9-19-16(11)14/h2-7,10,15,18H,8-9H2,1H3. The molecule has 0 radical (unpaired) electrons. The lowest BCUT2D eigenvalue weighted by Crippen LogP contribution is -2.18. The van der Waals surface area contributed by atoms with Crippen LogP contribution in [0.1, 0.15) is 22.7 Å². The zero-order valence-corrected chi connectivity index (χ0v) is 11.6. The monoisotopic (exact) mass is 273 g/mol. The fourth-order valence-electron chi connectivity index (χ4n) is 2.66. The molecule has 1 N–H and O–H groups in total. The number of halogens is 1. The topological polar surface area (TPSA) is 21.3 Å². The van der Waals surface area contributed by atoms with Crippen molar-refractivity contribution in [3.8, 4) is 5.75 Å². The highest BCUT2D eigenvalue weighted by Crippen LogP contribution is 2.36. The molecule has 1 unspecified atom stereocenters. The third kappa shape index (κ3) is 2.34. The van der Waals surface area contributed by atoms with E-state index in [1.807, 2.05) is 25.2 Å². The maximum absolute atomic E-state index is 6.09. The second-order valence-corrected chi connectivity index (χ2v) is 5.15. The van der Waals surface area contributed by atoms with Gasteiger partial charge in [0, 0.05) is 17.0 Å². The summed E-state index contributed by atoms with van der Waals surface area (Å²) >= 11 is 6.09. The van der Waals surface area contributed by atoms with E-state index in [1.54, 1.807) is 0 Å². The van der Waals surface area contributed by atoms with E-state index in [2.05, 4.69) is 29.6 Å². The Bertz CT molecular complexity index is 597. The summed E-state index contributed by atoms with van der Waals surface area (Å²) in [5.74, 6) is 1.03. The molecule has 19 heavy (non-hydrogen) atoms. The van der Waals surface area contributed by atoms with Crippen LogP contribution in [-0.2, 0) is 6.42 Å². The van der Waals surface area contributed by atoms with Crippen molar-refractivity contribution in [3.05, 3.63) is 64.2 Å². The molecule has 0 saturated carbocycles. The number of nitrogens with one attached hydrogen (secondary N) is 1. The third-order valence-electron chi connectivity index (χ3n) is 3.53. The number of benzene rings is 2. The molecule has 1 atom stereocenters. The summed E-state index contributed by atoms with van der Waals surface area (Å²) in [5.41, 5.74) is 3.62. The van der Waals surface area contributed by atoms with Gasteiger partial charge in [-0.3, -0.25) is 0 Å². The van der Waals surface area contributed by atoms with Crippen LogP contribution in [0.15, 0.2) is 42.5 Å². The number of hydrogen-bond acceptors (Lipinski definition) is 2. The summed E-state index contributed by atoms with van der Waals surface area (Å²) in [6, 6.07) is 14.4. The van der Waals surface area contributed by atoms with E-state index in [4.69, 9.17) is 16.3 Å². The van der Waals surface area contributed by atoms with Crippen LogP contribution in [0.3, 0.4) is 0 Å². The summed E-state index contributed by atoms with van der Waals surface area (Å²) in [6.07, 6.45) is 0.995. The van der Waals surface area contributed by atoms with Gasteiger partial charge in [-0.15, -0.1) is 0 Å². The van der Waals surface area contributed by atoms with Crippen molar-refractivity contribution in [1.82, 2.24) is 5.32 Å². The predicted molar refractivity (Wildman–Crippen MR) is 78.0 cm³/mol. The van der Waals surface area contributed by atoms with Crippen molar-refractivity contribution >= 4 is 11.6 Å². The molecule has 1 aliphatic heterocycles. The Kier molecular flexibility index (Phi) is 3.45. The molecule has 0 spiro atoms. The number of ether oxygens (including phenoxy) is 1. The van der Waals surface area contributed by atoms with Gasteiger partial charge >= 0.3 is 0 Å². The van der Waals surface area contributed by atoms with E-state index < -0.39 is 0 Å². The second kappa shape index (κ2) is 5.24. The lowest BCUT2D eigenvalue weighted by atomic mass is 9.96. The number of para-hydroxylation sites is 1. The van der Waals surface area contributed by atoms with Crippen LogP contribution in [0.5, 0.6) is 5.75 Å². The van der Waals surface area contributed by atoms with Gasteiger partial charge in [-0.25, -0.2) is 0 Å². The highest BCUT2D eigenvalue weighted by Gasteiger charge is 2.22. The lowest BCUT2D eigenvalue weighted by molar-refractivity contribution is 0.351. The molecule has 0 fully saturated rings. The molecule has 2 aromatic rings. The van der Waals surface area contributed by atoms with E-state index in [0.29, 0.717) is 0 Å². The van der Waals surface area contributed by atoms with Gasteiger partial charge in [-0.2, -0.15) is 0 Å². The first-order chi connectivity index (χ1) is 9.29. The Morgan fingerprint density at radius 1 is 1.21 bits per heavy atom. The fourth-order valence-corrected chi connectivity index (χ4v) is 2.85. The van der Waals surface area contributed by atoms with Gasteiger partial charge in [0.15, 0.2) is 0 Å². The number of rotatable bonds is 3. The van der Waals surface area contributed by atoms with Crippen molar-refractivity contribution in [3.63, 3.8) is 0 Å². The van der Waals surface area contributed by atoms with Crippen molar-refractivity contribution in [2.24, 2.45) is 0 Å². The second-order valence-electron chi connectivity index (χ2n) is 4.71. The minimum Gasteiger partial charge on any atom is -0.493 e. The van der Waals surface area contributed by atoms with Crippen molar-refractivity contribution in [1.29, 1.82) is 0 Å². The molecule has 0 aliphatic carbocycles. The summed E-state index contributed by atoms with van der Waals surface area (Å²) in [4.78, 5) is 0. The van der Waals surface area contributed by atoms with Gasteiger partial charge in [0.25, 0.3) is 0 Å². The Morgan fingerprint density at radius 3 is 2.84 bits per heavy atom. The molecule has 3 rings (SSSR count). The van der Waals surface area contributed by atoms with Gasteiger partial charge in [0.1, 0.15) is 5.75 Å². The zero-order chi connectivity index (χ0) is 13.2. The van der Waals surface area contributed by atoms with Crippen LogP contribution < -0.4 is 10.1 Å². The molecule has 2 nitrogen and oxygen atoms in total. The molecule has 1 heterocycles. The summed E-state index contributed by atoms with van der Waals surface area (Å²) in [6.45, 7) is 0.776. The Balaban J connectivity index is 2.06. The van der Waals surface area contributed by atoms with E-state index in [9.17, 15) is 0 Å². The molecule has 3 heteroatoms. The van der Waals surface area contributed by atoms with Gasteiger partial charge in [-0.1, -0.05) is 41.9 Å². The Labute approximate surface area is 118 Å². The van der Waals surface area contributed by atoms with Crippen LogP contribution in [0.4, 0.5) is 0 Å².